The number of phenolic OH excluding ortho intramolecular Hbond substituents is 1. The Bertz CT molecular complexity index is 1350. The highest BCUT2D eigenvalue weighted by Gasteiger charge is 2.36. The van der Waals surface area contributed by atoms with E-state index in [1.165, 1.54) is 5.56 Å². The zero-order valence-corrected chi connectivity index (χ0v) is 20.1. The molecule has 2 atom stereocenters. The summed E-state index contributed by atoms with van der Waals surface area (Å²) in [5.41, 5.74) is 12.8. The molecule has 0 fully saturated rings. The minimum absolute atomic E-state index is 0.0977. The first kappa shape index (κ1) is 22.9. The molecule has 1 aromatic heterocycles. The standard InChI is InChI=1S/C29H30N4O2/c1-19-27(21-8-4-3-5-9-21)32(2)28(31-19)26-17-22-10-6-7-11-23(22)18-33(26)29(35)25(30)16-20-12-14-24(34)15-13-20/h3-15,25-26,34H,16-18,30H2,1-2H3/t25-,26-/m0/s1. The van der Waals surface area contributed by atoms with Gasteiger partial charge in [-0.1, -0.05) is 66.7 Å². The summed E-state index contributed by atoms with van der Waals surface area (Å²) >= 11 is 0. The van der Waals surface area contributed by atoms with E-state index in [1.54, 1.807) is 24.3 Å². The van der Waals surface area contributed by atoms with E-state index < -0.39 is 6.04 Å². The Morgan fingerprint density at radius 3 is 2.40 bits per heavy atom. The van der Waals surface area contributed by atoms with Crippen molar-refractivity contribution in [3.8, 4) is 17.0 Å². The van der Waals surface area contributed by atoms with Crippen molar-refractivity contribution in [1.29, 1.82) is 0 Å². The van der Waals surface area contributed by atoms with Crippen molar-refractivity contribution in [3.05, 3.63) is 107 Å². The Labute approximate surface area is 205 Å². The number of aromatic hydroxyl groups is 1. The number of phenols is 1. The van der Waals surface area contributed by atoms with Crippen LogP contribution >= 0.6 is 0 Å². The quantitative estimate of drug-likeness (QED) is 0.459. The summed E-state index contributed by atoms with van der Waals surface area (Å²) in [4.78, 5) is 20.6. The van der Waals surface area contributed by atoms with E-state index in [-0.39, 0.29) is 17.7 Å². The lowest BCUT2D eigenvalue weighted by Gasteiger charge is -2.38. The Morgan fingerprint density at radius 2 is 1.69 bits per heavy atom. The molecule has 1 aliphatic heterocycles. The minimum Gasteiger partial charge on any atom is -0.508 e. The van der Waals surface area contributed by atoms with Gasteiger partial charge in [-0.25, -0.2) is 4.98 Å². The lowest BCUT2D eigenvalue weighted by Crippen LogP contribution is -2.48. The van der Waals surface area contributed by atoms with Gasteiger partial charge in [0, 0.05) is 25.6 Å². The van der Waals surface area contributed by atoms with Gasteiger partial charge < -0.3 is 20.3 Å². The van der Waals surface area contributed by atoms with E-state index in [4.69, 9.17) is 10.7 Å². The van der Waals surface area contributed by atoms with Crippen LogP contribution in [0.1, 0.15) is 34.3 Å². The van der Waals surface area contributed by atoms with Gasteiger partial charge in [0.25, 0.3) is 0 Å². The highest BCUT2D eigenvalue weighted by Crippen LogP contribution is 2.36. The second-order valence-electron chi connectivity index (χ2n) is 9.26. The highest BCUT2D eigenvalue weighted by atomic mass is 16.3. The third-order valence-corrected chi connectivity index (χ3v) is 6.89. The van der Waals surface area contributed by atoms with E-state index in [9.17, 15) is 9.90 Å². The number of carbonyl (C=O) groups excluding carboxylic acids is 1. The van der Waals surface area contributed by atoms with Gasteiger partial charge in [0.1, 0.15) is 11.6 Å². The molecule has 6 nitrogen and oxygen atoms in total. The lowest BCUT2D eigenvalue weighted by atomic mass is 9.92. The molecule has 0 saturated heterocycles. The number of hydrogen-bond donors (Lipinski definition) is 2. The molecule has 0 aliphatic carbocycles. The number of aryl methyl sites for hydroxylation is 1. The fourth-order valence-corrected chi connectivity index (χ4v) is 5.13. The molecular formula is C29H30N4O2. The molecule has 0 radical (unpaired) electrons. The molecule has 5 rings (SSSR count). The van der Waals surface area contributed by atoms with Gasteiger partial charge in [0.05, 0.1) is 23.5 Å². The van der Waals surface area contributed by atoms with Crippen LogP contribution in [-0.2, 0) is 31.2 Å². The van der Waals surface area contributed by atoms with Crippen molar-refractivity contribution in [2.24, 2.45) is 12.8 Å². The fourth-order valence-electron chi connectivity index (χ4n) is 5.13. The molecule has 0 saturated carbocycles. The average Bonchev–Trinajstić information content (AvgIpc) is 3.18. The van der Waals surface area contributed by atoms with Crippen molar-refractivity contribution in [1.82, 2.24) is 14.5 Å². The first-order valence-corrected chi connectivity index (χ1v) is 11.9. The molecule has 35 heavy (non-hydrogen) atoms. The number of fused-ring (bicyclic) bond motifs is 1. The Balaban J connectivity index is 1.51. The first-order chi connectivity index (χ1) is 16.9. The SMILES string of the molecule is Cc1nc([C@@H]2Cc3ccccc3CN2C(=O)[C@@H](N)Cc2ccc(O)cc2)n(C)c1-c1ccccc1. The van der Waals surface area contributed by atoms with Crippen molar-refractivity contribution in [2.45, 2.75) is 38.4 Å². The molecule has 1 aliphatic rings. The maximum absolute atomic E-state index is 13.8. The van der Waals surface area contributed by atoms with E-state index in [0.29, 0.717) is 19.4 Å². The molecule has 6 heteroatoms. The largest absolute Gasteiger partial charge is 0.508 e. The summed E-state index contributed by atoms with van der Waals surface area (Å²) in [5, 5.41) is 9.57. The van der Waals surface area contributed by atoms with E-state index in [2.05, 4.69) is 28.8 Å². The van der Waals surface area contributed by atoms with Crippen molar-refractivity contribution in [2.75, 3.05) is 0 Å². The normalized spacial score (nSPS) is 16.1. The molecule has 0 spiro atoms. The first-order valence-electron chi connectivity index (χ1n) is 11.9. The second kappa shape index (κ2) is 9.39. The van der Waals surface area contributed by atoms with Crippen LogP contribution in [-0.4, -0.2) is 31.5 Å². The van der Waals surface area contributed by atoms with Gasteiger partial charge in [0.15, 0.2) is 0 Å². The Kier molecular flexibility index (Phi) is 6.14. The zero-order chi connectivity index (χ0) is 24.5. The minimum atomic E-state index is -0.692. The maximum Gasteiger partial charge on any atom is 0.240 e. The van der Waals surface area contributed by atoms with Gasteiger partial charge in [-0.05, 0) is 42.2 Å². The third kappa shape index (κ3) is 4.45. The van der Waals surface area contributed by atoms with Gasteiger partial charge in [-0.15, -0.1) is 0 Å². The van der Waals surface area contributed by atoms with Crippen LogP contribution in [0.2, 0.25) is 0 Å². The number of carbonyl (C=O) groups is 1. The topological polar surface area (TPSA) is 84.4 Å². The molecule has 1 amide bonds. The van der Waals surface area contributed by atoms with Gasteiger partial charge >= 0.3 is 0 Å². The van der Waals surface area contributed by atoms with Crippen LogP contribution in [0.4, 0.5) is 0 Å². The second-order valence-corrected chi connectivity index (χ2v) is 9.26. The van der Waals surface area contributed by atoms with Crippen LogP contribution in [0.25, 0.3) is 11.3 Å². The van der Waals surface area contributed by atoms with Crippen molar-refractivity contribution >= 4 is 5.91 Å². The van der Waals surface area contributed by atoms with Crippen LogP contribution < -0.4 is 5.73 Å². The summed E-state index contributed by atoms with van der Waals surface area (Å²) in [6, 6.07) is 24.4. The number of imidazole rings is 1. The van der Waals surface area contributed by atoms with Crippen LogP contribution in [0.5, 0.6) is 5.75 Å². The molecule has 0 unspecified atom stereocenters. The number of nitrogens with zero attached hydrogens (tertiary/aromatic N) is 3. The number of nitrogens with two attached hydrogens (primary N) is 1. The van der Waals surface area contributed by atoms with Crippen molar-refractivity contribution < 1.29 is 9.90 Å². The number of hydrogen-bond acceptors (Lipinski definition) is 4. The lowest BCUT2D eigenvalue weighted by molar-refractivity contribution is -0.136. The molecule has 3 aromatic carbocycles. The van der Waals surface area contributed by atoms with Crippen LogP contribution in [0.15, 0.2) is 78.9 Å². The smallest absolute Gasteiger partial charge is 0.240 e. The third-order valence-electron chi connectivity index (χ3n) is 6.89. The molecule has 178 valence electrons. The molecule has 2 heterocycles. The zero-order valence-electron chi connectivity index (χ0n) is 20.1. The number of benzene rings is 3. The predicted molar refractivity (Wildman–Crippen MR) is 137 cm³/mol. The predicted octanol–water partition coefficient (Wildman–Crippen LogP) is 4.30. The molecule has 3 N–H and O–H groups in total. The summed E-state index contributed by atoms with van der Waals surface area (Å²) in [6.07, 6.45) is 1.09. The van der Waals surface area contributed by atoms with Gasteiger partial charge in [-0.2, -0.15) is 0 Å². The highest BCUT2D eigenvalue weighted by molar-refractivity contribution is 5.83. The Morgan fingerprint density at radius 1 is 1.03 bits per heavy atom. The van der Waals surface area contributed by atoms with E-state index >= 15 is 0 Å². The van der Waals surface area contributed by atoms with Gasteiger partial charge in [0.2, 0.25) is 5.91 Å². The summed E-state index contributed by atoms with van der Waals surface area (Å²) < 4.78 is 2.12. The number of rotatable bonds is 5. The van der Waals surface area contributed by atoms with Crippen LogP contribution in [0, 0.1) is 6.92 Å². The van der Waals surface area contributed by atoms with E-state index in [0.717, 1.165) is 33.9 Å². The number of aromatic nitrogens is 2. The fraction of sp³-hybridized carbons (Fsp3) is 0.241. The average molecular weight is 467 g/mol. The molecular weight excluding hydrogens is 436 g/mol. The van der Waals surface area contributed by atoms with E-state index in [1.807, 2.05) is 49.2 Å². The maximum atomic E-state index is 13.8. The summed E-state index contributed by atoms with van der Waals surface area (Å²) in [7, 11) is 2.03. The molecule has 0 bridgehead atoms. The van der Waals surface area contributed by atoms with Gasteiger partial charge in [-0.3, -0.25) is 4.79 Å². The Hall–Kier alpha value is -3.90. The van der Waals surface area contributed by atoms with Crippen LogP contribution in [0.3, 0.4) is 0 Å². The monoisotopic (exact) mass is 466 g/mol. The summed E-state index contributed by atoms with van der Waals surface area (Å²) in [6.45, 7) is 2.51. The van der Waals surface area contributed by atoms with Crippen molar-refractivity contribution in [3.63, 3.8) is 0 Å². The summed E-state index contributed by atoms with van der Waals surface area (Å²) in [5.74, 6) is 0.959. The molecule has 4 aromatic rings. The number of amides is 1.